The zero-order chi connectivity index (χ0) is 25.1. The molecule has 3 aromatic rings. The molecule has 0 amide bonds. The minimum atomic E-state index is -3.89. The number of hydrogen-bond donors (Lipinski definition) is 0. The van der Waals surface area contributed by atoms with Gasteiger partial charge >= 0.3 is 30.4 Å². The number of rotatable bonds is 9. The summed E-state index contributed by atoms with van der Waals surface area (Å²) < 4.78 is 34.5. The van der Waals surface area contributed by atoms with Crippen LogP contribution in [0.3, 0.4) is 0 Å². The van der Waals surface area contributed by atoms with Crippen LogP contribution in [0.2, 0.25) is 0 Å². The van der Waals surface area contributed by atoms with E-state index in [1.165, 1.54) is 11.1 Å². The van der Waals surface area contributed by atoms with E-state index in [-0.39, 0.29) is 15.7 Å². The molecule has 0 saturated heterocycles. The van der Waals surface area contributed by atoms with Gasteiger partial charge in [0.1, 0.15) is 0 Å². The van der Waals surface area contributed by atoms with Crippen LogP contribution in [0.1, 0.15) is 71.1 Å². The molecule has 3 nitrogen and oxygen atoms in total. The molecule has 0 atom stereocenters. The topological polar surface area (TPSA) is 43.4 Å². The summed E-state index contributed by atoms with van der Waals surface area (Å²) in [4.78, 5) is 0.202. The summed E-state index contributed by atoms with van der Waals surface area (Å²) >= 11 is -2.74. The molecule has 0 fully saturated rings. The maximum atomic E-state index is 13.3. The van der Waals surface area contributed by atoms with E-state index in [0.717, 1.165) is 25.5 Å². The lowest BCUT2D eigenvalue weighted by molar-refractivity contribution is -1.03. The van der Waals surface area contributed by atoms with Crippen LogP contribution in [0.4, 0.5) is 0 Å². The van der Waals surface area contributed by atoms with Crippen molar-refractivity contribution in [3.05, 3.63) is 96.6 Å². The fraction of sp³-hybridized carbons (Fsp3) is 0.379. The van der Waals surface area contributed by atoms with Crippen molar-refractivity contribution >= 4 is 10.1 Å². The van der Waals surface area contributed by atoms with Crippen LogP contribution in [-0.4, -0.2) is 8.42 Å². The van der Waals surface area contributed by atoms with Gasteiger partial charge in [-0.1, -0.05) is 83.5 Å². The van der Waals surface area contributed by atoms with Crippen LogP contribution in [-0.2, 0) is 23.5 Å². The number of hydrogen-bond acceptors (Lipinski definition) is 3. The highest BCUT2D eigenvalue weighted by Crippen LogP contribution is 2.27. The highest BCUT2D eigenvalue weighted by molar-refractivity contribution is 7.86. The molecule has 0 aromatic heterocycles. The summed E-state index contributed by atoms with van der Waals surface area (Å²) in [6.45, 7) is 15.2. The quantitative estimate of drug-likeness (QED) is 0.347. The van der Waals surface area contributed by atoms with Crippen LogP contribution < -0.4 is 20.2 Å². The standard InChI is InChI=1S/C29H37IO3S/c1-8-28(4,5)23-12-16-25(17-13-23)30(26-18-14-24(15-19-26)29(6,7)9-2)33-34(31,32)27-20-10-22(3)11-21-27/h10-21H,8-9H2,1-7H3/q+1. The minimum Gasteiger partial charge on any atom is -0.190 e. The summed E-state index contributed by atoms with van der Waals surface area (Å²) in [6.07, 6.45) is 2.06. The molecule has 3 rings (SSSR count). The zero-order valence-corrected chi connectivity index (χ0v) is 24.3. The fourth-order valence-electron chi connectivity index (χ4n) is 3.46. The first kappa shape index (κ1) is 26.9. The van der Waals surface area contributed by atoms with Gasteiger partial charge in [-0.15, -0.1) is 0 Å². The maximum Gasteiger partial charge on any atom is 0.336 e. The Bertz CT molecular complexity index is 1130. The van der Waals surface area contributed by atoms with Crippen LogP contribution in [0, 0.1) is 14.1 Å². The number of halogens is 1. The molecule has 0 aliphatic heterocycles. The number of aryl methyl sites for hydroxylation is 1. The van der Waals surface area contributed by atoms with Crippen LogP contribution in [0.5, 0.6) is 0 Å². The molecule has 0 bridgehead atoms. The van der Waals surface area contributed by atoms with Crippen LogP contribution in [0.25, 0.3) is 0 Å². The fourth-order valence-corrected chi connectivity index (χ4v) is 10.3. The third-order valence-corrected chi connectivity index (χ3v) is 14.2. The Hall–Kier alpha value is -1.70. The molecule has 183 valence electrons. The zero-order valence-electron chi connectivity index (χ0n) is 21.4. The second-order valence-corrected chi connectivity index (χ2v) is 16.6. The van der Waals surface area contributed by atoms with Crippen molar-refractivity contribution < 1.29 is 31.2 Å². The van der Waals surface area contributed by atoms with E-state index in [1.54, 1.807) is 24.3 Å². The second kappa shape index (κ2) is 10.5. The summed E-state index contributed by atoms with van der Waals surface area (Å²) in [6, 6.07) is 23.6. The van der Waals surface area contributed by atoms with Gasteiger partial charge in [-0.2, -0.15) is 8.42 Å². The van der Waals surface area contributed by atoms with Gasteiger partial charge in [0.15, 0.2) is 7.14 Å². The van der Waals surface area contributed by atoms with E-state index in [0.29, 0.717) is 0 Å². The van der Waals surface area contributed by atoms with Gasteiger partial charge in [0.25, 0.3) is 0 Å². The van der Waals surface area contributed by atoms with Crippen LogP contribution >= 0.6 is 0 Å². The summed E-state index contributed by atoms with van der Waals surface area (Å²) in [5.41, 5.74) is 3.64. The Morgan fingerprint density at radius 1 is 0.676 bits per heavy atom. The molecule has 5 heteroatoms. The lowest BCUT2D eigenvalue weighted by Gasteiger charge is -2.23. The predicted molar refractivity (Wildman–Crippen MR) is 136 cm³/mol. The first-order chi connectivity index (χ1) is 15.9. The van der Waals surface area contributed by atoms with E-state index >= 15 is 0 Å². The predicted octanol–water partition coefficient (Wildman–Crippen LogP) is 4.35. The second-order valence-electron chi connectivity index (χ2n) is 10.1. The average Bonchev–Trinajstić information content (AvgIpc) is 2.83. The first-order valence-corrected chi connectivity index (χ1v) is 16.3. The van der Waals surface area contributed by atoms with E-state index in [9.17, 15) is 8.42 Å². The van der Waals surface area contributed by atoms with Gasteiger partial charge in [-0.05, 0) is 80.6 Å². The van der Waals surface area contributed by atoms with Gasteiger partial charge in [-0.25, -0.2) is 0 Å². The molecule has 0 unspecified atom stereocenters. The molecular formula is C29H37IO3S+. The van der Waals surface area contributed by atoms with Crippen molar-refractivity contribution in [1.29, 1.82) is 0 Å². The molecule has 0 N–H and O–H groups in total. The third kappa shape index (κ3) is 6.10. The largest absolute Gasteiger partial charge is 0.336 e. The lowest BCUT2D eigenvalue weighted by Crippen LogP contribution is -3.85. The SMILES string of the molecule is CCC(C)(C)c1ccc([I+](OS(=O)(=O)c2ccc(C)cc2)c2ccc(C(C)(C)CC)cc2)cc1. The van der Waals surface area contributed by atoms with Crippen molar-refractivity contribution in [2.75, 3.05) is 0 Å². The average molecular weight is 593 g/mol. The maximum absolute atomic E-state index is 13.3. The Morgan fingerprint density at radius 2 is 1.06 bits per heavy atom. The third-order valence-electron chi connectivity index (χ3n) is 6.87. The molecule has 34 heavy (non-hydrogen) atoms. The van der Waals surface area contributed by atoms with Crippen molar-refractivity contribution in [2.24, 2.45) is 0 Å². The van der Waals surface area contributed by atoms with E-state index < -0.39 is 30.4 Å². The molecule has 0 spiro atoms. The minimum absolute atomic E-state index is 0.0692. The van der Waals surface area contributed by atoms with Gasteiger partial charge in [0.2, 0.25) is 0 Å². The molecule has 3 aromatic carbocycles. The normalized spacial score (nSPS) is 12.8. The molecular weight excluding hydrogens is 555 g/mol. The van der Waals surface area contributed by atoms with Crippen molar-refractivity contribution in [1.82, 2.24) is 0 Å². The summed E-state index contributed by atoms with van der Waals surface area (Å²) in [7, 11) is -3.89. The Morgan fingerprint density at radius 3 is 1.41 bits per heavy atom. The van der Waals surface area contributed by atoms with Crippen molar-refractivity contribution in [2.45, 2.75) is 77.0 Å². The summed E-state index contributed by atoms with van der Waals surface area (Å²) in [5, 5.41) is 0. The van der Waals surface area contributed by atoms with E-state index in [1.807, 2.05) is 6.92 Å². The Labute approximate surface area is 214 Å². The van der Waals surface area contributed by atoms with E-state index in [2.05, 4.69) is 90.1 Å². The lowest BCUT2D eigenvalue weighted by atomic mass is 9.82. The van der Waals surface area contributed by atoms with Gasteiger partial charge in [0.05, 0.1) is 4.90 Å². The van der Waals surface area contributed by atoms with Crippen molar-refractivity contribution in [3.8, 4) is 0 Å². The number of benzene rings is 3. The van der Waals surface area contributed by atoms with Gasteiger partial charge in [0, 0.05) is 0 Å². The molecule has 0 heterocycles. The molecule has 0 saturated carbocycles. The highest BCUT2D eigenvalue weighted by atomic mass is 127. The van der Waals surface area contributed by atoms with E-state index in [4.69, 9.17) is 2.51 Å². The van der Waals surface area contributed by atoms with Crippen molar-refractivity contribution in [3.63, 3.8) is 0 Å². The monoisotopic (exact) mass is 592 g/mol. The van der Waals surface area contributed by atoms with Gasteiger partial charge in [-0.3, -0.25) is 0 Å². The van der Waals surface area contributed by atoms with Gasteiger partial charge < -0.3 is 0 Å². The highest BCUT2D eigenvalue weighted by Gasteiger charge is 2.38. The molecule has 1 radical (unpaired) electrons. The smallest absolute Gasteiger partial charge is 0.190 e. The Balaban J connectivity index is 2.04. The van der Waals surface area contributed by atoms with Crippen LogP contribution in [0.15, 0.2) is 77.7 Å². The molecule has 0 aliphatic rings. The summed E-state index contributed by atoms with van der Waals surface area (Å²) in [5.74, 6) is 0. The Kier molecular flexibility index (Phi) is 8.31. The first-order valence-electron chi connectivity index (χ1n) is 11.8. The molecule has 0 aliphatic carbocycles.